The molecule has 1 aromatic rings. The second kappa shape index (κ2) is 6.05. The molecule has 1 fully saturated rings. The van der Waals surface area contributed by atoms with Gasteiger partial charge >= 0.3 is 6.36 Å². The molecule has 19 heavy (non-hydrogen) atoms. The predicted molar refractivity (Wildman–Crippen MR) is 69.0 cm³/mol. The summed E-state index contributed by atoms with van der Waals surface area (Å²) in [5.74, 6) is 0.587. The van der Waals surface area contributed by atoms with Crippen LogP contribution in [0.4, 0.5) is 13.2 Å². The van der Waals surface area contributed by atoms with E-state index in [0.717, 1.165) is 23.9 Å². The lowest BCUT2D eigenvalue weighted by atomic mass is 10.0. The summed E-state index contributed by atoms with van der Waals surface area (Å²) in [7, 11) is 0. The second-order valence-electron chi connectivity index (χ2n) is 4.72. The Kier molecular flexibility index (Phi) is 4.62. The van der Waals surface area contributed by atoms with Crippen LogP contribution in [0.3, 0.4) is 0 Å². The molecule has 6 heteroatoms. The monoisotopic (exact) mass is 291 g/mol. The van der Waals surface area contributed by atoms with Crippen molar-refractivity contribution in [1.29, 1.82) is 0 Å². The van der Waals surface area contributed by atoms with Gasteiger partial charge in [0.2, 0.25) is 0 Å². The van der Waals surface area contributed by atoms with Crippen molar-refractivity contribution in [2.75, 3.05) is 13.1 Å². The van der Waals surface area contributed by atoms with Crippen LogP contribution < -0.4 is 4.74 Å². The van der Waals surface area contributed by atoms with E-state index >= 15 is 0 Å². The Bertz CT molecular complexity index is 399. The van der Waals surface area contributed by atoms with Crippen LogP contribution in [0.2, 0.25) is 0 Å². The van der Waals surface area contributed by atoms with Gasteiger partial charge in [-0.15, -0.1) is 13.2 Å². The number of hydrogen-bond donors (Lipinski definition) is 0. The fraction of sp³-hybridized carbons (Fsp3) is 0.538. The maximum absolute atomic E-state index is 12.0. The lowest BCUT2D eigenvalue weighted by molar-refractivity contribution is -0.274. The van der Waals surface area contributed by atoms with Crippen molar-refractivity contribution in [1.82, 2.24) is 4.31 Å². The van der Waals surface area contributed by atoms with Gasteiger partial charge in [-0.3, -0.25) is 0 Å². The molecule has 0 amide bonds. The van der Waals surface area contributed by atoms with Gasteiger partial charge in [0.15, 0.2) is 0 Å². The minimum atomic E-state index is -4.63. The first-order chi connectivity index (χ1) is 8.92. The number of halogens is 3. The maximum atomic E-state index is 12.0. The van der Waals surface area contributed by atoms with E-state index in [9.17, 15) is 13.2 Å². The van der Waals surface area contributed by atoms with Gasteiger partial charge in [0.25, 0.3) is 0 Å². The van der Waals surface area contributed by atoms with Gasteiger partial charge in [0, 0.05) is 18.0 Å². The largest absolute Gasteiger partial charge is 0.573 e. The maximum Gasteiger partial charge on any atom is 0.573 e. The smallest absolute Gasteiger partial charge is 0.406 e. The van der Waals surface area contributed by atoms with E-state index in [1.165, 1.54) is 25.0 Å². The summed E-state index contributed by atoms with van der Waals surface area (Å²) >= 11 is 1.59. The summed E-state index contributed by atoms with van der Waals surface area (Å²) in [6.45, 7) is 4.28. The molecule has 0 spiro atoms. The van der Waals surface area contributed by atoms with Crippen molar-refractivity contribution in [3.8, 4) is 5.75 Å². The highest BCUT2D eigenvalue weighted by molar-refractivity contribution is 7.97. The van der Waals surface area contributed by atoms with Crippen LogP contribution in [0.15, 0.2) is 29.2 Å². The zero-order chi connectivity index (χ0) is 13.9. The molecule has 1 aromatic carbocycles. The Labute approximate surface area is 115 Å². The van der Waals surface area contributed by atoms with Crippen molar-refractivity contribution in [3.63, 3.8) is 0 Å². The van der Waals surface area contributed by atoms with Crippen molar-refractivity contribution in [3.05, 3.63) is 24.3 Å². The predicted octanol–water partition coefficient (Wildman–Crippen LogP) is 4.32. The first kappa shape index (κ1) is 14.5. The zero-order valence-electron chi connectivity index (χ0n) is 10.6. The van der Waals surface area contributed by atoms with E-state index < -0.39 is 6.36 Å². The van der Waals surface area contributed by atoms with Crippen LogP contribution in [0, 0.1) is 5.92 Å². The summed E-state index contributed by atoms with van der Waals surface area (Å²) in [5.41, 5.74) is 0. The lowest BCUT2D eigenvalue weighted by Gasteiger charge is -2.28. The topological polar surface area (TPSA) is 12.5 Å². The molecule has 0 saturated carbocycles. The standard InChI is InChI=1S/C13H16F3NOS/c1-10-6-8-17(9-7-10)19-12-4-2-11(3-5-12)18-13(14,15)16/h2-5,10H,6-9H2,1H3. The van der Waals surface area contributed by atoms with Crippen molar-refractivity contribution in [2.24, 2.45) is 5.92 Å². The summed E-state index contributed by atoms with van der Waals surface area (Å²) in [6.07, 6.45) is -2.29. The zero-order valence-corrected chi connectivity index (χ0v) is 11.4. The quantitative estimate of drug-likeness (QED) is 0.769. The third-order valence-corrected chi connectivity index (χ3v) is 4.14. The third kappa shape index (κ3) is 4.95. The molecule has 2 nitrogen and oxygen atoms in total. The summed E-state index contributed by atoms with van der Waals surface area (Å²) in [5, 5.41) is 0. The first-order valence-corrected chi connectivity index (χ1v) is 6.98. The highest BCUT2D eigenvalue weighted by Gasteiger charge is 2.31. The molecule has 0 aromatic heterocycles. The van der Waals surface area contributed by atoms with E-state index in [1.54, 1.807) is 24.1 Å². The number of rotatable bonds is 3. The minimum Gasteiger partial charge on any atom is -0.406 e. The first-order valence-electron chi connectivity index (χ1n) is 6.21. The average molecular weight is 291 g/mol. The summed E-state index contributed by atoms with van der Waals surface area (Å²) in [4.78, 5) is 0.934. The Balaban J connectivity index is 1.88. The highest BCUT2D eigenvalue weighted by atomic mass is 32.2. The van der Waals surface area contributed by atoms with E-state index in [1.807, 2.05) is 0 Å². The SMILES string of the molecule is CC1CCN(Sc2ccc(OC(F)(F)F)cc2)CC1. The number of piperidine rings is 1. The molecule has 106 valence electrons. The Morgan fingerprint density at radius 2 is 1.74 bits per heavy atom. The number of nitrogens with zero attached hydrogens (tertiary/aromatic N) is 1. The normalized spacial score (nSPS) is 18.5. The van der Waals surface area contributed by atoms with Crippen LogP contribution in [0.25, 0.3) is 0 Å². The molecule has 0 N–H and O–H groups in total. The molecule has 0 atom stereocenters. The molecule has 1 aliphatic rings. The van der Waals surface area contributed by atoms with E-state index in [4.69, 9.17) is 0 Å². The second-order valence-corrected chi connectivity index (χ2v) is 5.89. The molecular formula is C13H16F3NOS. The minimum absolute atomic E-state index is 0.177. The Morgan fingerprint density at radius 1 is 1.16 bits per heavy atom. The van der Waals surface area contributed by atoms with Crippen LogP contribution in [-0.4, -0.2) is 23.8 Å². The van der Waals surface area contributed by atoms with E-state index in [2.05, 4.69) is 16.0 Å². The molecule has 0 unspecified atom stereocenters. The molecule has 2 rings (SSSR count). The molecule has 0 aliphatic carbocycles. The molecule has 0 radical (unpaired) electrons. The Morgan fingerprint density at radius 3 is 2.26 bits per heavy atom. The van der Waals surface area contributed by atoms with Gasteiger partial charge in [-0.25, -0.2) is 4.31 Å². The van der Waals surface area contributed by atoms with Gasteiger partial charge in [-0.05, 0) is 55.0 Å². The summed E-state index contributed by atoms with van der Waals surface area (Å²) in [6, 6.07) is 6.01. The molecule has 1 heterocycles. The van der Waals surface area contributed by atoms with Gasteiger partial charge < -0.3 is 4.74 Å². The fourth-order valence-electron chi connectivity index (χ4n) is 1.93. The summed E-state index contributed by atoms with van der Waals surface area (Å²) < 4.78 is 42.1. The number of benzene rings is 1. The Hall–Kier alpha value is -0.880. The van der Waals surface area contributed by atoms with Crippen LogP contribution in [0.1, 0.15) is 19.8 Å². The average Bonchev–Trinajstić information content (AvgIpc) is 2.33. The highest BCUT2D eigenvalue weighted by Crippen LogP contribution is 2.30. The number of alkyl halides is 3. The van der Waals surface area contributed by atoms with Gasteiger partial charge in [0.1, 0.15) is 5.75 Å². The lowest BCUT2D eigenvalue weighted by Crippen LogP contribution is -2.27. The van der Waals surface area contributed by atoms with Crippen molar-refractivity contribution in [2.45, 2.75) is 31.0 Å². The fourth-order valence-corrected chi connectivity index (χ4v) is 2.88. The van der Waals surface area contributed by atoms with Crippen LogP contribution in [-0.2, 0) is 0 Å². The van der Waals surface area contributed by atoms with Crippen molar-refractivity contribution < 1.29 is 17.9 Å². The van der Waals surface area contributed by atoms with Crippen molar-refractivity contribution >= 4 is 11.9 Å². The van der Waals surface area contributed by atoms with Gasteiger partial charge in [-0.1, -0.05) is 6.92 Å². The number of ether oxygens (including phenoxy) is 1. The van der Waals surface area contributed by atoms with Crippen LogP contribution >= 0.6 is 11.9 Å². The molecule has 1 aliphatic heterocycles. The van der Waals surface area contributed by atoms with Gasteiger partial charge in [0.05, 0.1) is 0 Å². The van der Waals surface area contributed by atoms with E-state index in [-0.39, 0.29) is 5.75 Å². The van der Waals surface area contributed by atoms with Crippen LogP contribution in [0.5, 0.6) is 5.75 Å². The number of hydrogen-bond acceptors (Lipinski definition) is 3. The molecular weight excluding hydrogens is 275 g/mol. The van der Waals surface area contributed by atoms with E-state index in [0.29, 0.717) is 0 Å². The third-order valence-electron chi connectivity index (χ3n) is 3.03. The molecule has 1 saturated heterocycles. The molecule has 0 bridgehead atoms. The van der Waals surface area contributed by atoms with Gasteiger partial charge in [-0.2, -0.15) is 0 Å².